The van der Waals surface area contributed by atoms with Crippen LogP contribution in [0.4, 0.5) is 0 Å². The van der Waals surface area contributed by atoms with E-state index in [4.69, 9.17) is 9.15 Å². The van der Waals surface area contributed by atoms with Crippen molar-refractivity contribution in [3.63, 3.8) is 0 Å². The Balaban J connectivity index is 1.59. The third-order valence-electron chi connectivity index (χ3n) is 3.61. The maximum absolute atomic E-state index is 12.2. The van der Waals surface area contributed by atoms with Crippen molar-refractivity contribution in [2.24, 2.45) is 0 Å². The van der Waals surface area contributed by atoms with E-state index in [1.54, 1.807) is 32.2 Å². The zero-order chi connectivity index (χ0) is 16.2. The highest BCUT2D eigenvalue weighted by Crippen LogP contribution is 2.16. The van der Waals surface area contributed by atoms with Crippen LogP contribution >= 0.6 is 0 Å². The second-order valence-electron chi connectivity index (χ2n) is 5.27. The Morgan fingerprint density at radius 3 is 2.74 bits per heavy atom. The van der Waals surface area contributed by atoms with Crippen LogP contribution in [-0.4, -0.2) is 24.5 Å². The number of methoxy groups -OCH3 is 1. The second-order valence-corrected chi connectivity index (χ2v) is 5.27. The number of nitrogens with zero attached hydrogens (tertiary/aromatic N) is 1. The normalized spacial score (nSPS) is 10.7. The molecule has 0 aliphatic heterocycles. The van der Waals surface area contributed by atoms with Gasteiger partial charge in [-0.15, -0.1) is 0 Å². The molecule has 1 heterocycles. The summed E-state index contributed by atoms with van der Waals surface area (Å²) >= 11 is 0. The Kier molecular flexibility index (Phi) is 4.28. The number of hydrogen-bond donors (Lipinski definition) is 1. The van der Waals surface area contributed by atoms with Crippen LogP contribution in [0.3, 0.4) is 0 Å². The summed E-state index contributed by atoms with van der Waals surface area (Å²) in [7, 11) is 1.64. The molecule has 0 aliphatic carbocycles. The van der Waals surface area contributed by atoms with Crippen LogP contribution in [0.2, 0.25) is 0 Å². The minimum absolute atomic E-state index is 0.110. The van der Waals surface area contributed by atoms with Gasteiger partial charge in [-0.05, 0) is 42.3 Å². The van der Waals surface area contributed by atoms with Crippen molar-refractivity contribution >= 4 is 17.0 Å². The lowest BCUT2D eigenvalue weighted by Gasteiger charge is -2.06. The highest BCUT2D eigenvalue weighted by Gasteiger charge is 2.09. The van der Waals surface area contributed by atoms with Gasteiger partial charge in [0.1, 0.15) is 11.3 Å². The molecule has 2 aromatic carbocycles. The number of rotatable bonds is 5. The van der Waals surface area contributed by atoms with Crippen LogP contribution in [0.1, 0.15) is 21.8 Å². The number of benzene rings is 2. The number of ether oxygens (including phenoxy) is 1. The lowest BCUT2D eigenvalue weighted by atomic mass is 10.1. The van der Waals surface area contributed by atoms with Crippen LogP contribution in [-0.2, 0) is 6.42 Å². The van der Waals surface area contributed by atoms with Gasteiger partial charge in [0.25, 0.3) is 5.91 Å². The van der Waals surface area contributed by atoms with Crippen molar-refractivity contribution in [1.29, 1.82) is 0 Å². The van der Waals surface area contributed by atoms with E-state index >= 15 is 0 Å². The molecular formula is C18H18N2O3. The molecule has 23 heavy (non-hydrogen) atoms. The summed E-state index contributed by atoms with van der Waals surface area (Å²) in [5.41, 5.74) is 3.12. The molecule has 3 aromatic rings. The van der Waals surface area contributed by atoms with E-state index in [1.807, 2.05) is 24.3 Å². The van der Waals surface area contributed by atoms with Crippen LogP contribution in [0.15, 0.2) is 46.9 Å². The van der Waals surface area contributed by atoms with E-state index < -0.39 is 0 Å². The van der Waals surface area contributed by atoms with Crippen LogP contribution < -0.4 is 10.1 Å². The molecule has 5 heteroatoms. The summed E-state index contributed by atoms with van der Waals surface area (Å²) in [4.78, 5) is 16.4. The average Bonchev–Trinajstić information content (AvgIpc) is 2.94. The van der Waals surface area contributed by atoms with E-state index in [1.165, 1.54) is 0 Å². The van der Waals surface area contributed by atoms with Gasteiger partial charge in [0.15, 0.2) is 11.5 Å². The third-order valence-corrected chi connectivity index (χ3v) is 3.61. The van der Waals surface area contributed by atoms with Gasteiger partial charge in [-0.25, -0.2) is 4.98 Å². The van der Waals surface area contributed by atoms with Gasteiger partial charge in [-0.1, -0.05) is 12.1 Å². The number of aromatic nitrogens is 1. The molecule has 0 spiro atoms. The number of carbonyl (C=O) groups is 1. The van der Waals surface area contributed by atoms with Gasteiger partial charge in [-0.2, -0.15) is 0 Å². The van der Waals surface area contributed by atoms with Crippen LogP contribution in [0.5, 0.6) is 5.75 Å². The van der Waals surface area contributed by atoms with Crippen molar-refractivity contribution in [1.82, 2.24) is 10.3 Å². The fraction of sp³-hybridized carbons (Fsp3) is 0.222. The Morgan fingerprint density at radius 2 is 2.00 bits per heavy atom. The number of nitrogens with one attached hydrogen (secondary N) is 1. The molecule has 3 rings (SSSR count). The second kappa shape index (κ2) is 6.52. The van der Waals surface area contributed by atoms with Crippen molar-refractivity contribution in [2.75, 3.05) is 13.7 Å². The molecule has 1 aromatic heterocycles. The van der Waals surface area contributed by atoms with Crippen molar-refractivity contribution in [2.45, 2.75) is 13.3 Å². The monoisotopic (exact) mass is 310 g/mol. The van der Waals surface area contributed by atoms with Gasteiger partial charge in [-0.3, -0.25) is 4.79 Å². The van der Waals surface area contributed by atoms with Crippen molar-refractivity contribution in [3.8, 4) is 5.75 Å². The summed E-state index contributed by atoms with van der Waals surface area (Å²) in [6.45, 7) is 2.36. The molecule has 0 saturated carbocycles. The van der Waals surface area contributed by atoms with Gasteiger partial charge < -0.3 is 14.5 Å². The average molecular weight is 310 g/mol. The molecule has 0 unspecified atom stereocenters. The molecule has 0 bridgehead atoms. The molecule has 0 atom stereocenters. The van der Waals surface area contributed by atoms with Crippen molar-refractivity contribution in [3.05, 3.63) is 59.5 Å². The summed E-state index contributed by atoms with van der Waals surface area (Å²) in [5.74, 6) is 1.31. The standard InChI is InChI=1S/C18H18N2O3/c1-12-20-16-11-14(5-8-17(16)23-12)18(21)19-10-9-13-3-6-15(22-2)7-4-13/h3-8,11H,9-10H2,1-2H3,(H,19,21). The first-order valence-corrected chi connectivity index (χ1v) is 7.44. The van der Waals surface area contributed by atoms with E-state index in [-0.39, 0.29) is 5.91 Å². The molecule has 0 fully saturated rings. The zero-order valence-electron chi connectivity index (χ0n) is 13.1. The Morgan fingerprint density at radius 1 is 1.22 bits per heavy atom. The number of amides is 1. The predicted octanol–water partition coefficient (Wildman–Crippen LogP) is 3.12. The topological polar surface area (TPSA) is 64.4 Å². The minimum atomic E-state index is -0.110. The molecule has 1 N–H and O–H groups in total. The largest absolute Gasteiger partial charge is 0.497 e. The molecule has 0 aliphatic rings. The first kappa shape index (κ1) is 15.1. The minimum Gasteiger partial charge on any atom is -0.497 e. The fourth-order valence-electron chi connectivity index (χ4n) is 2.40. The van der Waals surface area contributed by atoms with Gasteiger partial charge in [0.2, 0.25) is 0 Å². The highest BCUT2D eigenvalue weighted by atomic mass is 16.5. The molecule has 0 radical (unpaired) electrons. The van der Waals surface area contributed by atoms with E-state index in [2.05, 4.69) is 10.3 Å². The number of carbonyl (C=O) groups excluding carboxylic acids is 1. The molecule has 1 amide bonds. The molecule has 5 nitrogen and oxygen atoms in total. The third kappa shape index (κ3) is 3.51. The van der Waals surface area contributed by atoms with E-state index in [9.17, 15) is 4.79 Å². The highest BCUT2D eigenvalue weighted by molar-refractivity contribution is 5.97. The zero-order valence-corrected chi connectivity index (χ0v) is 13.1. The number of oxazole rings is 1. The fourth-order valence-corrected chi connectivity index (χ4v) is 2.40. The summed E-state index contributed by atoms with van der Waals surface area (Å²) < 4.78 is 10.5. The quantitative estimate of drug-likeness (QED) is 0.786. The van der Waals surface area contributed by atoms with Gasteiger partial charge >= 0.3 is 0 Å². The first-order valence-electron chi connectivity index (χ1n) is 7.44. The van der Waals surface area contributed by atoms with Gasteiger partial charge in [0, 0.05) is 19.0 Å². The Labute approximate surface area is 134 Å². The molecule has 118 valence electrons. The lowest BCUT2D eigenvalue weighted by Crippen LogP contribution is -2.25. The Bertz CT molecular complexity index is 822. The maximum atomic E-state index is 12.2. The van der Waals surface area contributed by atoms with Gasteiger partial charge in [0.05, 0.1) is 7.11 Å². The summed E-state index contributed by atoms with van der Waals surface area (Å²) in [6.07, 6.45) is 0.765. The van der Waals surface area contributed by atoms with Crippen molar-refractivity contribution < 1.29 is 13.9 Å². The Hall–Kier alpha value is -2.82. The van der Waals surface area contributed by atoms with Crippen LogP contribution in [0.25, 0.3) is 11.1 Å². The van der Waals surface area contributed by atoms with E-state index in [0.717, 1.165) is 17.7 Å². The number of hydrogen-bond acceptors (Lipinski definition) is 4. The molecule has 0 saturated heterocycles. The number of aryl methyl sites for hydroxylation is 1. The summed E-state index contributed by atoms with van der Waals surface area (Å²) in [6, 6.07) is 13.1. The maximum Gasteiger partial charge on any atom is 0.251 e. The van der Waals surface area contributed by atoms with E-state index in [0.29, 0.717) is 29.1 Å². The smallest absolute Gasteiger partial charge is 0.251 e. The summed E-state index contributed by atoms with van der Waals surface area (Å²) in [5, 5.41) is 2.92. The SMILES string of the molecule is COc1ccc(CCNC(=O)c2ccc3oc(C)nc3c2)cc1. The van der Waals surface area contributed by atoms with Crippen LogP contribution in [0, 0.1) is 6.92 Å². The lowest BCUT2D eigenvalue weighted by molar-refractivity contribution is 0.0954. The predicted molar refractivity (Wildman–Crippen MR) is 87.8 cm³/mol. The first-order chi connectivity index (χ1) is 11.2. The molecular weight excluding hydrogens is 292 g/mol. The number of fused-ring (bicyclic) bond motifs is 1.